The van der Waals surface area contributed by atoms with Gasteiger partial charge >= 0.3 is 0 Å². The molecule has 0 radical (unpaired) electrons. The molecule has 1 saturated heterocycles. The summed E-state index contributed by atoms with van der Waals surface area (Å²) >= 11 is 0. The molecule has 1 fully saturated rings. The molecular weight excluding hydrogens is 176 g/mol. The first-order chi connectivity index (χ1) is 6.86. The van der Waals surface area contributed by atoms with Crippen LogP contribution in [-0.4, -0.2) is 30.1 Å². The lowest BCUT2D eigenvalue weighted by molar-refractivity contribution is 0.910. The van der Waals surface area contributed by atoms with Crippen molar-refractivity contribution in [2.24, 2.45) is 5.73 Å². The van der Waals surface area contributed by atoms with E-state index in [1.54, 1.807) is 0 Å². The van der Waals surface area contributed by atoms with E-state index in [1.165, 1.54) is 19.9 Å². The van der Waals surface area contributed by atoms with Gasteiger partial charge in [0, 0.05) is 19.3 Å². The van der Waals surface area contributed by atoms with Crippen molar-refractivity contribution in [3.63, 3.8) is 0 Å². The second-order valence-corrected chi connectivity index (χ2v) is 3.16. The van der Waals surface area contributed by atoms with Gasteiger partial charge < -0.3 is 10.6 Å². The quantitative estimate of drug-likeness (QED) is 0.723. The summed E-state index contributed by atoms with van der Waals surface area (Å²) in [4.78, 5) is 10.8. The highest BCUT2D eigenvalue weighted by Gasteiger charge is 2.12. The monoisotopic (exact) mass is 194 g/mol. The smallest absolute Gasteiger partial charge is 0.132 e. The minimum Gasteiger partial charge on any atom is -0.357 e. The first-order valence-electron chi connectivity index (χ1n) is 4.98. The van der Waals surface area contributed by atoms with Crippen LogP contribution < -0.4 is 10.6 Å². The molecule has 4 heteroatoms. The number of aromatic nitrogens is 2. The van der Waals surface area contributed by atoms with Gasteiger partial charge in [0.1, 0.15) is 11.6 Å². The van der Waals surface area contributed by atoms with Crippen LogP contribution in [0.25, 0.3) is 0 Å². The van der Waals surface area contributed by atoms with Gasteiger partial charge in [-0.05, 0) is 32.9 Å². The molecule has 1 aromatic rings. The zero-order chi connectivity index (χ0) is 10.4. The zero-order valence-corrected chi connectivity index (χ0v) is 8.90. The third-order valence-corrected chi connectivity index (χ3v) is 2.19. The molecular formula is C10H18N4. The minimum atomic E-state index is 0.861. The van der Waals surface area contributed by atoms with Crippen LogP contribution in [0.15, 0.2) is 12.3 Å². The molecule has 0 aromatic carbocycles. The fourth-order valence-electron chi connectivity index (χ4n) is 1.57. The maximum Gasteiger partial charge on any atom is 0.132 e. The number of nitrogens with two attached hydrogens (primary N) is 1. The average molecular weight is 194 g/mol. The molecule has 0 spiro atoms. The standard InChI is InChI=1S/C9H13N3.CH5N/c1-8-10-5-4-9(11-8)12-6-2-3-7-12;1-2/h4-5H,2-3,6-7H2,1H3;2H2,1H3. The zero-order valence-electron chi connectivity index (χ0n) is 8.90. The van der Waals surface area contributed by atoms with E-state index in [0.717, 1.165) is 24.7 Å². The molecule has 78 valence electrons. The molecule has 0 saturated carbocycles. The summed E-state index contributed by atoms with van der Waals surface area (Å²) in [6.45, 7) is 4.23. The number of hydrogen-bond acceptors (Lipinski definition) is 4. The van der Waals surface area contributed by atoms with Gasteiger partial charge in [0.15, 0.2) is 0 Å². The lowest BCUT2D eigenvalue weighted by Crippen LogP contribution is -2.19. The SMILES string of the molecule is CN.Cc1nccc(N2CCCC2)n1. The summed E-state index contributed by atoms with van der Waals surface area (Å²) in [5.41, 5.74) is 4.50. The van der Waals surface area contributed by atoms with E-state index in [1.807, 2.05) is 19.2 Å². The summed E-state index contributed by atoms with van der Waals surface area (Å²) < 4.78 is 0. The van der Waals surface area contributed by atoms with Crippen molar-refractivity contribution in [1.82, 2.24) is 9.97 Å². The molecule has 14 heavy (non-hydrogen) atoms. The molecule has 0 unspecified atom stereocenters. The van der Waals surface area contributed by atoms with Crippen molar-refractivity contribution in [2.75, 3.05) is 25.0 Å². The Bertz CT molecular complexity index is 269. The second-order valence-electron chi connectivity index (χ2n) is 3.16. The number of aryl methyl sites for hydroxylation is 1. The van der Waals surface area contributed by atoms with Crippen molar-refractivity contribution in [2.45, 2.75) is 19.8 Å². The maximum atomic E-state index is 4.50. The molecule has 0 aliphatic carbocycles. The van der Waals surface area contributed by atoms with Crippen LogP contribution >= 0.6 is 0 Å². The van der Waals surface area contributed by atoms with Crippen molar-refractivity contribution in [3.05, 3.63) is 18.1 Å². The lowest BCUT2D eigenvalue weighted by atomic mass is 10.4. The van der Waals surface area contributed by atoms with Gasteiger partial charge in [-0.15, -0.1) is 0 Å². The maximum absolute atomic E-state index is 4.50. The number of anilines is 1. The molecule has 2 rings (SSSR count). The van der Waals surface area contributed by atoms with E-state index in [4.69, 9.17) is 0 Å². The summed E-state index contributed by atoms with van der Waals surface area (Å²) in [5.74, 6) is 1.94. The first-order valence-corrected chi connectivity index (χ1v) is 4.98. The van der Waals surface area contributed by atoms with Crippen LogP contribution in [0.2, 0.25) is 0 Å². The number of rotatable bonds is 1. The van der Waals surface area contributed by atoms with Gasteiger partial charge in [0.2, 0.25) is 0 Å². The highest BCUT2D eigenvalue weighted by molar-refractivity contribution is 5.38. The Morgan fingerprint density at radius 3 is 2.50 bits per heavy atom. The van der Waals surface area contributed by atoms with Crippen LogP contribution in [0.3, 0.4) is 0 Å². The Balaban J connectivity index is 0.000000461. The van der Waals surface area contributed by atoms with Crippen LogP contribution in [-0.2, 0) is 0 Å². The summed E-state index contributed by atoms with van der Waals surface area (Å²) in [6, 6.07) is 1.98. The Morgan fingerprint density at radius 2 is 1.93 bits per heavy atom. The number of nitrogens with zero attached hydrogens (tertiary/aromatic N) is 3. The van der Waals surface area contributed by atoms with Gasteiger partial charge in [-0.2, -0.15) is 0 Å². The normalized spacial score (nSPS) is 14.9. The van der Waals surface area contributed by atoms with Crippen LogP contribution in [0.1, 0.15) is 18.7 Å². The van der Waals surface area contributed by atoms with Gasteiger partial charge in [0.25, 0.3) is 0 Å². The Hall–Kier alpha value is -1.16. The molecule has 4 nitrogen and oxygen atoms in total. The molecule has 1 aliphatic heterocycles. The van der Waals surface area contributed by atoms with Gasteiger partial charge in [-0.3, -0.25) is 0 Å². The predicted octanol–water partition coefficient (Wildman–Crippen LogP) is 0.960. The lowest BCUT2D eigenvalue weighted by Gasteiger charge is -2.15. The van der Waals surface area contributed by atoms with E-state index >= 15 is 0 Å². The van der Waals surface area contributed by atoms with Crippen LogP contribution in [0.5, 0.6) is 0 Å². The molecule has 0 amide bonds. The summed E-state index contributed by atoms with van der Waals surface area (Å²) in [5, 5.41) is 0. The van der Waals surface area contributed by atoms with Crippen molar-refractivity contribution < 1.29 is 0 Å². The molecule has 1 aliphatic rings. The third kappa shape index (κ3) is 2.67. The number of hydrogen-bond donors (Lipinski definition) is 1. The topological polar surface area (TPSA) is 55.0 Å². The fraction of sp³-hybridized carbons (Fsp3) is 0.600. The highest BCUT2D eigenvalue weighted by atomic mass is 15.2. The Morgan fingerprint density at radius 1 is 1.29 bits per heavy atom. The highest BCUT2D eigenvalue weighted by Crippen LogP contribution is 2.16. The molecule has 2 heterocycles. The van der Waals surface area contributed by atoms with Crippen LogP contribution in [0, 0.1) is 6.92 Å². The van der Waals surface area contributed by atoms with Crippen molar-refractivity contribution >= 4 is 5.82 Å². The predicted molar refractivity (Wildman–Crippen MR) is 58.3 cm³/mol. The van der Waals surface area contributed by atoms with Crippen LogP contribution in [0.4, 0.5) is 5.82 Å². The van der Waals surface area contributed by atoms with E-state index in [0.29, 0.717) is 0 Å². The molecule has 1 aromatic heterocycles. The van der Waals surface area contributed by atoms with Gasteiger partial charge in [-0.1, -0.05) is 0 Å². The van der Waals surface area contributed by atoms with E-state index in [2.05, 4.69) is 20.6 Å². The molecule has 0 atom stereocenters. The van der Waals surface area contributed by atoms with Gasteiger partial charge in [-0.25, -0.2) is 9.97 Å². The Kier molecular flexibility index (Phi) is 4.32. The van der Waals surface area contributed by atoms with E-state index in [-0.39, 0.29) is 0 Å². The fourth-order valence-corrected chi connectivity index (χ4v) is 1.57. The van der Waals surface area contributed by atoms with Gasteiger partial charge in [0.05, 0.1) is 0 Å². The summed E-state index contributed by atoms with van der Waals surface area (Å²) in [6.07, 6.45) is 4.42. The molecule has 2 N–H and O–H groups in total. The van der Waals surface area contributed by atoms with E-state index < -0.39 is 0 Å². The van der Waals surface area contributed by atoms with Crippen molar-refractivity contribution in [1.29, 1.82) is 0 Å². The largest absolute Gasteiger partial charge is 0.357 e. The molecule has 0 bridgehead atoms. The Labute approximate surface area is 85.2 Å². The third-order valence-electron chi connectivity index (χ3n) is 2.19. The van der Waals surface area contributed by atoms with E-state index in [9.17, 15) is 0 Å². The van der Waals surface area contributed by atoms with Crippen molar-refractivity contribution in [3.8, 4) is 0 Å². The first kappa shape index (κ1) is 10.9. The summed E-state index contributed by atoms with van der Waals surface area (Å²) in [7, 11) is 1.50. The minimum absolute atomic E-state index is 0.861. The average Bonchev–Trinajstić information content (AvgIpc) is 2.74. The second kappa shape index (κ2) is 5.54.